The normalized spacial score (nSPS) is 11.7. The van der Waals surface area contributed by atoms with Gasteiger partial charge in [0.2, 0.25) is 5.82 Å². The van der Waals surface area contributed by atoms with Crippen molar-refractivity contribution >= 4 is 38.3 Å². The molecule has 1 heterocycles. The number of rotatable bonds is 2. The molecule has 0 aliphatic rings. The van der Waals surface area contributed by atoms with Crippen LogP contribution < -0.4 is 5.32 Å². The van der Waals surface area contributed by atoms with Crippen LogP contribution >= 0.6 is 15.9 Å². The second-order valence-electron chi connectivity index (χ2n) is 4.69. The molecule has 2 aromatic carbocycles. The van der Waals surface area contributed by atoms with Gasteiger partial charge in [-0.2, -0.15) is 13.2 Å². The third kappa shape index (κ3) is 3.42. The first kappa shape index (κ1) is 15.7. The third-order valence-corrected chi connectivity index (χ3v) is 3.49. The molecule has 0 saturated carbocycles. The van der Waals surface area contributed by atoms with Crippen LogP contribution in [-0.4, -0.2) is 9.97 Å². The Kier molecular flexibility index (Phi) is 3.93. The third-order valence-electron chi connectivity index (χ3n) is 3.00. The molecule has 0 bridgehead atoms. The first-order chi connectivity index (χ1) is 10.8. The highest BCUT2D eigenvalue weighted by Crippen LogP contribution is 2.32. The van der Waals surface area contributed by atoms with Crippen LogP contribution in [0, 0.1) is 5.82 Å². The van der Waals surface area contributed by atoms with Crippen LogP contribution in [0.5, 0.6) is 0 Å². The van der Waals surface area contributed by atoms with E-state index in [1.54, 1.807) is 12.1 Å². The zero-order chi connectivity index (χ0) is 16.6. The van der Waals surface area contributed by atoms with E-state index in [2.05, 4.69) is 31.2 Å². The molecule has 0 saturated heterocycles. The minimum absolute atomic E-state index is 0.0470. The van der Waals surface area contributed by atoms with Gasteiger partial charge in [-0.1, -0.05) is 22.0 Å². The second kappa shape index (κ2) is 5.77. The number of hydrogen-bond acceptors (Lipinski definition) is 3. The molecule has 0 radical (unpaired) electrons. The van der Waals surface area contributed by atoms with Crippen molar-refractivity contribution in [1.29, 1.82) is 0 Å². The second-order valence-corrected chi connectivity index (χ2v) is 5.61. The monoisotopic (exact) mass is 385 g/mol. The van der Waals surface area contributed by atoms with Crippen LogP contribution in [0.4, 0.5) is 29.1 Å². The number of fused-ring (bicyclic) bond motifs is 1. The summed E-state index contributed by atoms with van der Waals surface area (Å²) in [7, 11) is 0. The zero-order valence-electron chi connectivity index (χ0n) is 11.3. The average Bonchev–Trinajstić information content (AvgIpc) is 2.46. The summed E-state index contributed by atoms with van der Waals surface area (Å²) in [6, 6.07) is 10.0. The predicted octanol–water partition coefficient (Wildman–Crippen LogP) is 5.29. The molecule has 0 atom stereocenters. The quantitative estimate of drug-likeness (QED) is 0.608. The van der Waals surface area contributed by atoms with Gasteiger partial charge in [0, 0.05) is 15.5 Å². The van der Waals surface area contributed by atoms with Crippen LogP contribution in [0.15, 0.2) is 46.9 Å². The lowest BCUT2D eigenvalue weighted by atomic mass is 10.2. The van der Waals surface area contributed by atoms with Gasteiger partial charge in [-0.25, -0.2) is 14.4 Å². The van der Waals surface area contributed by atoms with Gasteiger partial charge >= 0.3 is 6.18 Å². The fourth-order valence-corrected chi connectivity index (χ4v) is 2.39. The van der Waals surface area contributed by atoms with Crippen molar-refractivity contribution in [3.05, 3.63) is 58.6 Å². The Morgan fingerprint density at radius 1 is 1.00 bits per heavy atom. The molecule has 0 aliphatic carbocycles. The molecule has 8 heteroatoms. The Hall–Kier alpha value is -2.22. The topological polar surface area (TPSA) is 37.8 Å². The van der Waals surface area contributed by atoms with E-state index in [1.807, 2.05) is 0 Å². The number of nitrogens with one attached hydrogen (secondary N) is 1. The Balaban J connectivity index is 2.18. The number of benzene rings is 2. The van der Waals surface area contributed by atoms with E-state index >= 15 is 0 Å². The maximum absolute atomic E-state index is 13.3. The Morgan fingerprint density at radius 2 is 1.78 bits per heavy atom. The molecule has 23 heavy (non-hydrogen) atoms. The molecule has 3 aromatic rings. The van der Waals surface area contributed by atoms with E-state index in [0.29, 0.717) is 9.86 Å². The van der Waals surface area contributed by atoms with Crippen molar-refractivity contribution in [1.82, 2.24) is 9.97 Å². The van der Waals surface area contributed by atoms with Crippen molar-refractivity contribution in [2.75, 3.05) is 5.32 Å². The minimum atomic E-state index is -4.68. The first-order valence-corrected chi connectivity index (χ1v) is 7.19. The molecule has 0 amide bonds. The smallest absolute Gasteiger partial charge is 0.340 e. The SMILES string of the molecule is Fc1cccc(Nc2nc(C(F)(F)F)nc3ccc(Br)cc23)c1. The average molecular weight is 386 g/mol. The fourth-order valence-electron chi connectivity index (χ4n) is 2.03. The van der Waals surface area contributed by atoms with E-state index in [-0.39, 0.29) is 17.0 Å². The summed E-state index contributed by atoms with van der Waals surface area (Å²) in [5.41, 5.74) is 0.424. The Morgan fingerprint density at radius 3 is 2.48 bits per heavy atom. The summed E-state index contributed by atoms with van der Waals surface area (Å²) in [4.78, 5) is 7.08. The highest BCUT2D eigenvalue weighted by molar-refractivity contribution is 9.10. The summed E-state index contributed by atoms with van der Waals surface area (Å²) in [6.07, 6.45) is -4.68. The first-order valence-electron chi connectivity index (χ1n) is 6.40. The molecule has 118 valence electrons. The fraction of sp³-hybridized carbons (Fsp3) is 0.0667. The number of alkyl halides is 3. The molecule has 0 unspecified atom stereocenters. The largest absolute Gasteiger partial charge is 0.451 e. The maximum Gasteiger partial charge on any atom is 0.451 e. The summed E-state index contributed by atoms with van der Waals surface area (Å²) < 4.78 is 52.8. The van der Waals surface area contributed by atoms with Gasteiger partial charge in [-0.05, 0) is 36.4 Å². The van der Waals surface area contributed by atoms with Crippen LogP contribution in [0.2, 0.25) is 0 Å². The Bertz CT molecular complexity index is 880. The van der Waals surface area contributed by atoms with Gasteiger partial charge in [0.05, 0.1) is 5.52 Å². The lowest BCUT2D eigenvalue weighted by Crippen LogP contribution is -2.12. The molecule has 1 aromatic heterocycles. The van der Waals surface area contributed by atoms with Crippen LogP contribution in [0.3, 0.4) is 0 Å². The van der Waals surface area contributed by atoms with E-state index in [9.17, 15) is 17.6 Å². The molecule has 3 rings (SSSR count). The molecule has 3 nitrogen and oxygen atoms in total. The van der Waals surface area contributed by atoms with Gasteiger partial charge in [0.1, 0.15) is 11.6 Å². The van der Waals surface area contributed by atoms with Gasteiger partial charge in [0.15, 0.2) is 0 Å². The zero-order valence-corrected chi connectivity index (χ0v) is 12.9. The Labute approximate surface area is 136 Å². The van der Waals surface area contributed by atoms with Crippen LogP contribution in [0.25, 0.3) is 10.9 Å². The minimum Gasteiger partial charge on any atom is -0.340 e. The van der Waals surface area contributed by atoms with Crippen molar-refractivity contribution in [2.24, 2.45) is 0 Å². The predicted molar refractivity (Wildman–Crippen MR) is 81.9 cm³/mol. The maximum atomic E-state index is 13.3. The highest BCUT2D eigenvalue weighted by Gasteiger charge is 2.35. The van der Waals surface area contributed by atoms with Crippen LogP contribution in [0.1, 0.15) is 5.82 Å². The van der Waals surface area contributed by atoms with Gasteiger partial charge < -0.3 is 5.32 Å². The van der Waals surface area contributed by atoms with Crippen LogP contribution in [-0.2, 0) is 6.18 Å². The number of halogens is 5. The number of aromatic nitrogens is 2. The molecule has 0 aliphatic heterocycles. The van der Waals surface area contributed by atoms with E-state index < -0.39 is 17.8 Å². The highest BCUT2D eigenvalue weighted by atomic mass is 79.9. The molecule has 0 fully saturated rings. The van der Waals surface area contributed by atoms with Gasteiger partial charge in [-0.3, -0.25) is 0 Å². The molecular formula is C15H8BrF4N3. The van der Waals surface area contributed by atoms with E-state index in [0.717, 1.165) is 0 Å². The van der Waals surface area contributed by atoms with Crippen molar-refractivity contribution in [3.63, 3.8) is 0 Å². The van der Waals surface area contributed by atoms with E-state index in [1.165, 1.54) is 30.3 Å². The standard InChI is InChI=1S/C15H8BrF4N3/c16-8-4-5-12-11(6-8)13(23-14(22-12)15(18,19)20)21-10-3-1-2-9(17)7-10/h1-7H,(H,21,22,23). The summed E-state index contributed by atoms with van der Waals surface area (Å²) in [5, 5.41) is 3.10. The van der Waals surface area contributed by atoms with Gasteiger partial charge in [-0.15, -0.1) is 0 Å². The lowest BCUT2D eigenvalue weighted by Gasteiger charge is -2.12. The summed E-state index contributed by atoms with van der Waals surface area (Å²) >= 11 is 3.26. The summed E-state index contributed by atoms with van der Waals surface area (Å²) in [5.74, 6) is -1.81. The van der Waals surface area contributed by atoms with Crippen molar-refractivity contribution < 1.29 is 17.6 Å². The van der Waals surface area contributed by atoms with Crippen molar-refractivity contribution in [3.8, 4) is 0 Å². The molecule has 0 spiro atoms. The molecular weight excluding hydrogens is 378 g/mol. The van der Waals surface area contributed by atoms with Gasteiger partial charge in [0.25, 0.3) is 0 Å². The number of anilines is 2. The summed E-state index contributed by atoms with van der Waals surface area (Å²) in [6.45, 7) is 0. The van der Waals surface area contributed by atoms with Crippen molar-refractivity contribution in [2.45, 2.75) is 6.18 Å². The number of hydrogen-bond donors (Lipinski definition) is 1. The van der Waals surface area contributed by atoms with E-state index in [4.69, 9.17) is 0 Å². The number of nitrogens with zero attached hydrogens (tertiary/aromatic N) is 2. The lowest BCUT2D eigenvalue weighted by molar-refractivity contribution is -0.144. The molecule has 1 N–H and O–H groups in total.